The number of rotatable bonds is 1. The quantitative estimate of drug-likeness (QED) is 0.385. The summed E-state index contributed by atoms with van der Waals surface area (Å²) >= 11 is 0. The van der Waals surface area contributed by atoms with Crippen LogP contribution in [0.2, 0.25) is 0 Å². The van der Waals surface area contributed by atoms with Gasteiger partial charge in [0.1, 0.15) is 0 Å². The fourth-order valence-electron chi connectivity index (χ4n) is 0. The Labute approximate surface area is 74.1 Å². The highest BCUT2D eigenvalue weighted by atomic mass is 27.0. The summed E-state index contributed by atoms with van der Waals surface area (Å²) in [7, 11) is 0. The Morgan fingerprint density at radius 3 is 1.56 bits per heavy atom. The lowest BCUT2D eigenvalue weighted by Crippen LogP contribution is -2.10. The second-order valence-electron chi connectivity index (χ2n) is 0.598. The number of aliphatic carboxylic acids is 1. The van der Waals surface area contributed by atoms with Crippen molar-refractivity contribution in [2.24, 2.45) is 5.73 Å². The molecule has 0 aliphatic carbocycles. The van der Waals surface area contributed by atoms with Gasteiger partial charge in [-0.05, 0) is 0 Å². The molecule has 0 aromatic carbocycles. The minimum atomic E-state index is -0.968. The molecule has 7 N–H and O–H groups in total. The lowest BCUT2D eigenvalue weighted by molar-refractivity contribution is -0.135. The number of hydrogen-bond acceptors (Lipinski definition) is 2. The van der Waals surface area contributed by atoms with E-state index in [2.05, 4.69) is 5.73 Å². The van der Waals surface area contributed by atoms with Crippen LogP contribution in [-0.2, 0) is 4.79 Å². The number of carbonyl (C=O) groups is 1. The Hall–Kier alpha value is 0.415. The zero-order chi connectivity index (χ0) is 4.28. The van der Waals surface area contributed by atoms with E-state index >= 15 is 0 Å². The zero-order valence-corrected chi connectivity index (χ0v) is 5.37. The van der Waals surface area contributed by atoms with Crippen molar-refractivity contribution in [2.45, 2.75) is 0 Å². The van der Waals surface area contributed by atoms with E-state index in [-0.39, 0.29) is 52.2 Å². The third-order valence-electron chi connectivity index (χ3n) is 0.175. The van der Waals surface area contributed by atoms with Crippen LogP contribution < -0.4 is 5.73 Å². The minimum absolute atomic E-state index is 0. The van der Waals surface area contributed by atoms with E-state index in [1.165, 1.54) is 0 Å². The van der Waals surface area contributed by atoms with Crippen LogP contribution >= 0.6 is 0 Å². The molecule has 5 nitrogen and oxygen atoms in total. The van der Waals surface area contributed by atoms with E-state index in [1.807, 2.05) is 0 Å². The molecule has 0 bridgehead atoms. The zero-order valence-electron chi connectivity index (χ0n) is 4.22. The number of hydrogen-bond donors (Lipinski definition) is 2. The fraction of sp³-hybridized carbons (Fsp3) is 0.500. The highest BCUT2D eigenvalue weighted by Gasteiger charge is 1.81. The Morgan fingerprint density at radius 2 is 1.56 bits per heavy atom. The standard InChI is InChI=1S/C2H5NO2.2Al.2H2O.3H/c3-1-2(4)5;;;;;;;/h1,3H2,(H,4,5);;;2*1H2;;;. The largest absolute Gasteiger partial charge is 0.480 e. The van der Waals surface area contributed by atoms with Crippen LogP contribution in [0.1, 0.15) is 0 Å². The summed E-state index contributed by atoms with van der Waals surface area (Å²) in [5, 5.41) is 7.60. The van der Waals surface area contributed by atoms with E-state index in [0.29, 0.717) is 0 Å². The van der Waals surface area contributed by atoms with Crippen molar-refractivity contribution in [3.05, 3.63) is 0 Å². The van der Waals surface area contributed by atoms with Gasteiger partial charge in [-0.2, -0.15) is 0 Å². The molecule has 0 aromatic rings. The monoisotopic (exact) mass is 168 g/mol. The maximum atomic E-state index is 9.24. The van der Waals surface area contributed by atoms with Gasteiger partial charge in [-0.25, -0.2) is 0 Å². The van der Waals surface area contributed by atoms with Gasteiger partial charge in [0.05, 0.1) is 6.54 Å². The Balaban J connectivity index is -0.0000000133. The first-order valence-corrected chi connectivity index (χ1v) is 1.19. The minimum Gasteiger partial charge on any atom is -0.480 e. The third kappa shape index (κ3) is 59.4. The van der Waals surface area contributed by atoms with Crippen LogP contribution in [0.5, 0.6) is 0 Å². The van der Waals surface area contributed by atoms with Crippen LogP contribution in [0.4, 0.5) is 0 Å². The van der Waals surface area contributed by atoms with Crippen molar-refractivity contribution in [2.75, 3.05) is 6.54 Å². The summed E-state index contributed by atoms with van der Waals surface area (Å²) in [6.07, 6.45) is 0. The number of carboxylic acids is 1. The molecule has 0 spiro atoms. The molecule has 0 atom stereocenters. The topological polar surface area (TPSA) is 126 Å². The molecular formula is C2H12Al2NO4. The molecule has 0 saturated heterocycles. The van der Waals surface area contributed by atoms with Gasteiger partial charge in [-0.3, -0.25) is 4.79 Å². The molecule has 0 aromatic heterocycles. The molecule has 0 aliphatic heterocycles. The van der Waals surface area contributed by atoms with Gasteiger partial charge < -0.3 is 21.8 Å². The summed E-state index contributed by atoms with van der Waals surface area (Å²) in [5.41, 5.74) is 4.57. The second kappa shape index (κ2) is 23.7. The molecule has 0 aliphatic rings. The fourth-order valence-corrected chi connectivity index (χ4v) is 0. The molecule has 9 heavy (non-hydrogen) atoms. The summed E-state index contributed by atoms with van der Waals surface area (Å²) < 4.78 is 0. The summed E-state index contributed by atoms with van der Waals surface area (Å²) in [6.45, 7) is -0.278. The van der Waals surface area contributed by atoms with E-state index < -0.39 is 5.97 Å². The van der Waals surface area contributed by atoms with Crippen molar-refractivity contribution < 1.29 is 20.9 Å². The van der Waals surface area contributed by atoms with Gasteiger partial charge >= 0.3 is 5.97 Å². The van der Waals surface area contributed by atoms with E-state index in [0.717, 1.165) is 0 Å². The number of carboxylic acid groups (broad SMARTS) is 1. The van der Waals surface area contributed by atoms with Crippen LogP contribution in [0.25, 0.3) is 0 Å². The van der Waals surface area contributed by atoms with Crippen LogP contribution in [0.3, 0.4) is 0 Å². The predicted molar refractivity (Wildman–Crippen MR) is 39.6 cm³/mol. The van der Waals surface area contributed by atoms with Crippen molar-refractivity contribution in [1.82, 2.24) is 0 Å². The Kier molecular flexibility index (Phi) is 90.2. The Bertz CT molecular complexity index is 51.8. The first-order valence-electron chi connectivity index (χ1n) is 1.19. The molecule has 7 heteroatoms. The maximum absolute atomic E-state index is 9.24. The highest BCUT2D eigenvalue weighted by molar-refractivity contribution is 5.76. The van der Waals surface area contributed by atoms with Gasteiger partial charge in [-0.1, -0.05) is 0 Å². The first kappa shape index (κ1) is 34.2. The van der Waals surface area contributed by atoms with Gasteiger partial charge in [0.2, 0.25) is 0 Å². The van der Waals surface area contributed by atoms with Crippen molar-refractivity contribution in [3.63, 3.8) is 0 Å². The average Bonchev–Trinajstić information content (AvgIpc) is 1.38. The second-order valence-corrected chi connectivity index (χ2v) is 0.598. The van der Waals surface area contributed by atoms with Crippen LogP contribution in [0, 0.1) is 0 Å². The van der Waals surface area contributed by atoms with Crippen molar-refractivity contribution >= 4 is 40.7 Å². The Morgan fingerprint density at radius 1 is 1.44 bits per heavy atom. The molecule has 0 rings (SSSR count). The van der Waals surface area contributed by atoms with Crippen molar-refractivity contribution in [1.29, 1.82) is 0 Å². The van der Waals surface area contributed by atoms with Gasteiger partial charge in [0.15, 0.2) is 17.4 Å². The van der Waals surface area contributed by atoms with Gasteiger partial charge in [0, 0.05) is 17.4 Å². The molecule has 0 heterocycles. The smallest absolute Gasteiger partial charge is 0.317 e. The molecule has 3 radical (unpaired) electrons. The van der Waals surface area contributed by atoms with E-state index in [1.54, 1.807) is 0 Å². The summed E-state index contributed by atoms with van der Waals surface area (Å²) in [4.78, 5) is 9.24. The molecule has 0 amide bonds. The molecular weight excluding hydrogens is 156 g/mol. The van der Waals surface area contributed by atoms with Crippen LogP contribution in [-0.4, -0.2) is 63.3 Å². The van der Waals surface area contributed by atoms with Gasteiger partial charge in [0.25, 0.3) is 0 Å². The SMILES string of the molecule is NCC(=O)O.O.O.[AlH3].[Al]. The van der Waals surface area contributed by atoms with Crippen LogP contribution in [0.15, 0.2) is 0 Å². The molecule has 55 valence electrons. The first-order chi connectivity index (χ1) is 2.27. The average molecular weight is 168 g/mol. The third-order valence-corrected chi connectivity index (χ3v) is 0.175. The maximum Gasteiger partial charge on any atom is 0.317 e. The highest BCUT2D eigenvalue weighted by Crippen LogP contribution is 1.43. The van der Waals surface area contributed by atoms with Crippen molar-refractivity contribution in [3.8, 4) is 0 Å². The van der Waals surface area contributed by atoms with E-state index in [4.69, 9.17) is 5.11 Å². The lowest BCUT2D eigenvalue weighted by Gasteiger charge is -1.73. The summed E-state index contributed by atoms with van der Waals surface area (Å²) in [6, 6.07) is 0. The lowest BCUT2D eigenvalue weighted by atomic mass is 10.7. The summed E-state index contributed by atoms with van der Waals surface area (Å²) in [5.74, 6) is -0.968. The molecule has 0 unspecified atom stereocenters. The van der Waals surface area contributed by atoms with E-state index in [9.17, 15) is 4.79 Å². The molecule has 0 saturated carbocycles. The molecule has 0 fully saturated rings. The predicted octanol–water partition coefficient (Wildman–Crippen LogP) is -4.18. The number of nitrogens with two attached hydrogens (primary N) is 1. The normalized spacial score (nSPS) is 4.11. The van der Waals surface area contributed by atoms with Gasteiger partial charge in [-0.15, -0.1) is 0 Å².